The molecule has 0 atom stereocenters. The lowest BCUT2D eigenvalue weighted by molar-refractivity contribution is 0.182. The summed E-state index contributed by atoms with van der Waals surface area (Å²) in [5.74, 6) is 1.08. The third kappa shape index (κ3) is 4.73. The molecule has 0 unspecified atom stereocenters. The molecule has 0 saturated heterocycles. The maximum absolute atomic E-state index is 9.92. The molecule has 0 aliphatic heterocycles. The maximum Gasteiger partial charge on any atom is 0.120 e. The first-order valence-corrected chi connectivity index (χ1v) is 6.70. The van der Waals surface area contributed by atoms with Crippen molar-refractivity contribution in [1.82, 2.24) is 4.90 Å². The van der Waals surface area contributed by atoms with Crippen molar-refractivity contribution in [2.45, 2.75) is 27.3 Å². The highest BCUT2D eigenvalue weighted by Crippen LogP contribution is 2.25. The predicted molar refractivity (Wildman–Crippen MR) is 78.4 cm³/mol. The summed E-state index contributed by atoms with van der Waals surface area (Å²) in [6, 6.07) is 5.32. The van der Waals surface area contributed by atoms with Crippen LogP contribution in [0.5, 0.6) is 11.5 Å². The lowest BCUT2D eigenvalue weighted by Gasteiger charge is -2.31. The molecule has 0 aliphatic rings. The molecule has 0 aromatic heterocycles. The third-order valence-electron chi connectivity index (χ3n) is 3.33. The summed E-state index contributed by atoms with van der Waals surface area (Å²) >= 11 is 0. The van der Waals surface area contributed by atoms with Crippen LogP contribution in [0, 0.1) is 5.41 Å². The third-order valence-corrected chi connectivity index (χ3v) is 3.33. The Hall–Kier alpha value is -1.26. The monoisotopic (exact) mass is 266 g/mol. The molecular weight excluding hydrogens is 240 g/mol. The quantitative estimate of drug-likeness (QED) is 0.794. The minimum atomic E-state index is 0.0739. The molecule has 1 rings (SSSR count). The van der Waals surface area contributed by atoms with Crippen molar-refractivity contribution in [1.29, 1.82) is 0 Å². The minimum absolute atomic E-state index is 0.0739. The zero-order valence-electron chi connectivity index (χ0n) is 12.4. The molecule has 1 aromatic carbocycles. The average molecular weight is 266 g/mol. The molecule has 0 aliphatic carbocycles. The molecule has 4 nitrogen and oxygen atoms in total. The Morgan fingerprint density at radius 2 is 2.05 bits per heavy atom. The number of phenolic OH excluding ortho intramolecular Hbond substituents is 1. The Kier molecular flexibility index (Phi) is 5.63. The van der Waals surface area contributed by atoms with Crippen LogP contribution in [0.1, 0.15) is 26.3 Å². The van der Waals surface area contributed by atoms with E-state index in [4.69, 9.17) is 10.5 Å². The molecule has 1 aromatic rings. The molecule has 4 heteroatoms. The van der Waals surface area contributed by atoms with Crippen LogP contribution in [0.3, 0.4) is 0 Å². The van der Waals surface area contributed by atoms with Crippen LogP contribution in [0.2, 0.25) is 0 Å². The van der Waals surface area contributed by atoms with Gasteiger partial charge in [-0.15, -0.1) is 0 Å². The Morgan fingerprint density at radius 3 is 2.58 bits per heavy atom. The molecule has 108 valence electrons. The largest absolute Gasteiger partial charge is 0.508 e. The molecular formula is C15H26N2O2. The van der Waals surface area contributed by atoms with Gasteiger partial charge >= 0.3 is 0 Å². The molecule has 0 fully saturated rings. The van der Waals surface area contributed by atoms with E-state index in [0.717, 1.165) is 24.4 Å². The van der Waals surface area contributed by atoms with E-state index >= 15 is 0 Å². The minimum Gasteiger partial charge on any atom is -0.508 e. The maximum atomic E-state index is 9.92. The van der Waals surface area contributed by atoms with E-state index in [1.165, 1.54) is 0 Å². The standard InChI is InChI=1S/C15H26N2O2/c1-5-17(11-15(2,3)10-16)9-12-8-13(19-4)6-7-14(12)18/h6-8,18H,5,9-11,16H2,1-4H3. The number of benzene rings is 1. The molecule has 0 saturated carbocycles. The summed E-state index contributed by atoms with van der Waals surface area (Å²) < 4.78 is 5.20. The molecule has 0 radical (unpaired) electrons. The number of rotatable bonds is 7. The lowest BCUT2D eigenvalue weighted by atomic mass is 9.93. The molecule has 0 heterocycles. The van der Waals surface area contributed by atoms with Gasteiger partial charge in [0.25, 0.3) is 0 Å². The normalized spacial score (nSPS) is 11.9. The first-order valence-electron chi connectivity index (χ1n) is 6.70. The van der Waals surface area contributed by atoms with Crippen LogP contribution < -0.4 is 10.5 Å². The van der Waals surface area contributed by atoms with Gasteiger partial charge in [0.1, 0.15) is 11.5 Å². The van der Waals surface area contributed by atoms with Gasteiger partial charge in [-0.3, -0.25) is 4.90 Å². The summed E-state index contributed by atoms with van der Waals surface area (Å²) in [6.45, 7) is 9.58. The highest BCUT2D eigenvalue weighted by molar-refractivity contribution is 5.39. The van der Waals surface area contributed by atoms with Gasteiger partial charge < -0.3 is 15.6 Å². The van der Waals surface area contributed by atoms with Crippen molar-refractivity contribution in [3.8, 4) is 11.5 Å². The van der Waals surface area contributed by atoms with E-state index in [9.17, 15) is 5.11 Å². The van der Waals surface area contributed by atoms with Gasteiger partial charge in [-0.25, -0.2) is 0 Å². The van der Waals surface area contributed by atoms with Crippen LogP contribution in [0.25, 0.3) is 0 Å². The SMILES string of the molecule is CCN(Cc1cc(OC)ccc1O)CC(C)(C)CN. The van der Waals surface area contributed by atoms with Crippen LogP contribution in [-0.2, 0) is 6.54 Å². The number of nitrogens with two attached hydrogens (primary N) is 1. The van der Waals surface area contributed by atoms with Gasteiger partial charge in [0.2, 0.25) is 0 Å². The van der Waals surface area contributed by atoms with Crippen molar-refractivity contribution in [3.05, 3.63) is 23.8 Å². The Balaban J connectivity index is 2.80. The number of phenols is 1. The van der Waals surface area contributed by atoms with E-state index in [1.807, 2.05) is 6.07 Å². The number of hydrogen-bond acceptors (Lipinski definition) is 4. The van der Waals surface area contributed by atoms with Gasteiger partial charge in [-0.2, -0.15) is 0 Å². The zero-order valence-corrected chi connectivity index (χ0v) is 12.4. The first kappa shape index (κ1) is 15.8. The van der Waals surface area contributed by atoms with Crippen LogP contribution in [0.15, 0.2) is 18.2 Å². The predicted octanol–water partition coefficient (Wildman–Crippen LogP) is 2.21. The van der Waals surface area contributed by atoms with Gasteiger partial charge in [0, 0.05) is 18.7 Å². The van der Waals surface area contributed by atoms with Crippen molar-refractivity contribution in [2.24, 2.45) is 11.1 Å². The number of methoxy groups -OCH3 is 1. The molecule has 0 spiro atoms. The van der Waals surface area contributed by atoms with Crippen molar-refractivity contribution in [3.63, 3.8) is 0 Å². The summed E-state index contributed by atoms with van der Waals surface area (Å²) in [7, 11) is 1.63. The molecule has 19 heavy (non-hydrogen) atoms. The van der Waals surface area contributed by atoms with E-state index < -0.39 is 0 Å². The second-order valence-electron chi connectivity index (χ2n) is 5.67. The summed E-state index contributed by atoms with van der Waals surface area (Å²) in [4.78, 5) is 2.28. The molecule has 0 bridgehead atoms. The highest BCUT2D eigenvalue weighted by Gasteiger charge is 2.20. The second kappa shape index (κ2) is 6.78. The highest BCUT2D eigenvalue weighted by atomic mass is 16.5. The van der Waals surface area contributed by atoms with E-state index in [1.54, 1.807) is 19.2 Å². The van der Waals surface area contributed by atoms with Crippen LogP contribution in [-0.4, -0.2) is 36.8 Å². The number of hydrogen-bond donors (Lipinski definition) is 2. The van der Waals surface area contributed by atoms with Gasteiger partial charge in [-0.05, 0) is 36.7 Å². The average Bonchev–Trinajstić information content (AvgIpc) is 2.40. The van der Waals surface area contributed by atoms with Crippen molar-refractivity contribution in [2.75, 3.05) is 26.7 Å². The summed E-state index contributed by atoms with van der Waals surface area (Å²) in [6.07, 6.45) is 0. The number of aromatic hydroxyl groups is 1. The van der Waals surface area contributed by atoms with E-state index in [2.05, 4.69) is 25.7 Å². The Bertz CT molecular complexity index is 405. The molecule has 0 amide bonds. The van der Waals surface area contributed by atoms with Gasteiger partial charge in [0.05, 0.1) is 7.11 Å². The Morgan fingerprint density at radius 1 is 1.37 bits per heavy atom. The van der Waals surface area contributed by atoms with Crippen molar-refractivity contribution >= 4 is 0 Å². The summed E-state index contributed by atoms with van der Waals surface area (Å²) in [5.41, 5.74) is 6.74. The van der Waals surface area contributed by atoms with Crippen molar-refractivity contribution < 1.29 is 9.84 Å². The van der Waals surface area contributed by atoms with Crippen LogP contribution in [0.4, 0.5) is 0 Å². The first-order chi connectivity index (χ1) is 8.91. The lowest BCUT2D eigenvalue weighted by Crippen LogP contribution is -2.38. The fourth-order valence-electron chi connectivity index (χ4n) is 2.01. The van der Waals surface area contributed by atoms with Gasteiger partial charge in [0.15, 0.2) is 0 Å². The summed E-state index contributed by atoms with van der Waals surface area (Å²) in [5, 5.41) is 9.92. The Labute approximate surface area is 116 Å². The van der Waals surface area contributed by atoms with E-state index in [-0.39, 0.29) is 5.41 Å². The van der Waals surface area contributed by atoms with Crippen LogP contribution >= 0.6 is 0 Å². The number of nitrogens with zero attached hydrogens (tertiary/aromatic N) is 1. The fraction of sp³-hybridized carbons (Fsp3) is 0.600. The van der Waals surface area contributed by atoms with E-state index in [0.29, 0.717) is 18.8 Å². The number of ether oxygens (including phenoxy) is 1. The van der Waals surface area contributed by atoms with Gasteiger partial charge in [-0.1, -0.05) is 20.8 Å². The smallest absolute Gasteiger partial charge is 0.120 e. The fourth-order valence-corrected chi connectivity index (χ4v) is 2.01. The second-order valence-corrected chi connectivity index (χ2v) is 5.67. The molecule has 3 N–H and O–H groups in total. The zero-order chi connectivity index (χ0) is 14.5. The topological polar surface area (TPSA) is 58.7 Å².